The van der Waals surface area contributed by atoms with Crippen molar-refractivity contribution in [2.75, 3.05) is 39.8 Å². The number of carbonyl (C=O) groups excluding carboxylic acids is 2. The van der Waals surface area contributed by atoms with E-state index in [1.54, 1.807) is 29.7 Å². The summed E-state index contributed by atoms with van der Waals surface area (Å²) in [6, 6.07) is 1.73. The maximum absolute atomic E-state index is 12.3. The van der Waals surface area contributed by atoms with Gasteiger partial charge in [0.2, 0.25) is 5.91 Å². The zero-order valence-corrected chi connectivity index (χ0v) is 13.4. The van der Waals surface area contributed by atoms with Gasteiger partial charge in [0.1, 0.15) is 5.69 Å². The Morgan fingerprint density at radius 2 is 2.00 bits per heavy atom. The molecule has 0 bridgehead atoms. The van der Waals surface area contributed by atoms with Crippen molar-refractivity contribution in [1.29, 1.82) is 0 Å². The molecule has 1 aliphatic rings. The molecule has 0 saturated carbocycles. The van der Waals surface area contributed by atoms with Gasteiger partial charge in [0, 0.05) is 40.3 Å². The smallest absolute Gasteiger partial charge is 0.272 e. The standard InChI is InChI=1S/C13H21N5O2.ClH/c1-10-8-11(17(3)15-10)13(20)16(2)9-12(19)18-6-4-14-5-7-18;/h8,14H,4-7,9H2,1-3H3;1H. The molecule has 1 fully saturated rings. The average Bonchev–Trinajstić information content (AvgIpc) is 2.77. The van der Waals surface area contributed by atoms with E-state index < -0.39 is 0 Å². The zero-order valence-electron chi connectivity index (χ0n) is 12.6. The minimum Gasteiger partial charge on any atom is -0.339 e. The van der Waals surface area contributed by atoms with Crippen LogP contribution in [0.3, 0.4) is 0 Å². The third kappa shape index (κ3) is 4.18. The van der Waals surface area contributed by atoms with Gasteiger partial charge in [-0.25, -0.2) is 0 Å². The van der Waals surface area contributed by atoms with Gasteiger partial charge >= 0.3 is 0 Å². The van der Waals surface area contributed by atoms with Crippen LogP contribution in [0.4, 0.5) is 0 Å². The van der Waals surface area contributed by atoms with Gasteiger partial charge in [0.05, 0.1) is 12.2 Å². The van der Waals surface area contributed by atoms with E-state index in [0.717, 1.165) is 18.8 Å². The second-order valence-electron chi connectivity index (χ2n) is 5.09. The van der Waals surface area contributed by atoms with E-state index in [4.69, 9.17) is 0 Å². The lowest BCUT2D eigenvalue weighted by atomic mass is 10.3. The molecule has 0 unspecified atom stereocenters. The lowest BCUT2D eigenvalue weighted by Crippen LogP contribution is -2.49. The van der Waals surface area contributed by atoms with Crippen LogP contribution in [0.15, 0.2) is 6.07 Å². The van der Waals surface area contributed by atoms with E-state index in [1.165, 1.54) is 4.90 Å². The molecule has 2 amide bonds. The van der Waals surface area contributed by atoms with Crippen molar-refractivity contribution in [3.63, 3.8) is 0 Å². The molecule has 0 atom stereocenters. The predicted molar refractivity (Wildman–Crippen MR) is 81.6 cm³/mol. The largest absolute Gasteiger partial charge is 0.339 e. The van der Waals surface area contributed by atoms with E-state index in [9.17, 15) is 9.59 Å². The second-order valence-corrected chi connectivity index (χ2v) is 5.09. The number of hydrogen-bond donors (Lipinski definition) is 1. The second kappa shape index (κ2) is 7.42. The van der Waals surface area contributed by atoms with Gasteiger partial charge in [0.25, 0.3) is 5.91 Å². The van der Waals surface area contributed by atoms with Crippen molar-refractivity contribution in [1.82, 2.24) is 24.9 Å². The SMILES string of the molecule is Cc1cc(C(=O)N(C)CC(=O)N2CCNCC2)n(C)n1.Cl. The third-order valence-corrected chi connectivity index (χ3v) is 3.41. The molecule has 1 aliphatic heterocycles. The van der Waals surface area contributed by atoms with E-state index >= 15 is 0 Å². The number of carbonyl (C=O) groups is 2. The summed E-state index contributed by atoms with van der Waals surface area (Å²) in [6.07, 6.45) is 0. The Morgan fingerprint density at radius 3 is 2.52 bits per heavy atom. The Morgan fingerprint density at radius 1 is 1.38 bits per heavy atom. The molecule has 2 rings (SSSR count). The molecular weight excluding hydrogens is 294 g/mol. The normalized spacial score (nSPS) is 14.5. The van der Waals surface area contributed by atoms with Gasteiger partial charge in [-0.3, -0.25) is 14.3 Å². The maximum Gasteiger partial charge on any atom is 0.272 e. The number of piperazine rings is 1. The Balaban J connectivity index is 0.00000220. The number of aromatic nitrogens is 2. The molecule has 2 heterocycles. The summed E-state index contributed by atoms with van der Waals surface area (Å²) in [5, 5.41) is 7.34. The molecule has 1 saturated heterocycles. The summed E-state index contributed by atoms with van der Waals surface area (Å²) in [4.78, 5) is 27.6. The van der Waals surface area contributed by atoms with Crippen LogP contribution in [0, 0.1) is 6.92 Å². The quantitative estimate of drug-likeness (QED) is 0.828. The van der Waals surface area contributed by atoms with Gasteiger partial charge in [0.15, 0.2) is 0 Å². The highest BCUT2D eigenvalue weighted by Gasteiger charge is 2.22. The summed E-state index contributed by atoms with van der Waals surface area (Å²) in [5.74, 6) is -0.196. The number of rotatable bonds is 3. The average molecular weight is 316 g/mol. The van der Waals surface area contributed by atoms with Crippen LogP contribution in [0.1, 0.15) is 16.2 Å². The lowest BCUT2D eigenvalue weighted by molar-refractivity contribution is -0.132. The maximum atomic E-state index is 12.3. The minimum absolute atomic E-state index is 0. The molecule has 21 heavy (non-hydrogen) atoms. The Bertz CT molecular complexity index is 511. The van der Waals surface area contributed by atoms with E-state index in [-0.39, 0.29) is 30.8 Å². The van der Waals surface area contributed by atoms with Crippen LogP contribution in [0.2, 0.25) is 0 Å². The van der Waals surface area contributed by atoms with Crippen molar-refractivity contribution in [3.05, 3.63) is 17.5 Å². The molecule has 8 heteroatoms. The number of amides is 2. The number of aryl methyl sites for hydroxylation is 2. The van der Waals surface area contributed by atoms with Crippen molar-refractivity contribution in [2.45, 2.75) is 6.92 Å². The summed E-state index contributed by atoms with van der Waals surface area (Å²) in [7, 11) is 3.37. The molecule has 0 aliphatic carbocycles. The highest BCUT2D eigenvalue weighted by Crippen LogP contribution is 2.06. The van der Waals surface area contributed by atoms with Crippen molar-refractivity contribution < 1.29 is 9.59 Å². The minimum atomic E-state index is -0.184. The predicted octanol–water partition coefficient (Wildman–Crippen LogP) is -0.346. The first-order valence-electron chi connectivity index (χ1n) is 6.73. The van der Waals surface area contributed by atoms with Crippen LogP contribution < -0.4 is 5.32 Å². The topological polar surface area (TPSA) is 70.5 Å². The fraction of sp³-hybridized carbons (Fsp3) is 0.615. The third-order valence-electron chi connectivity index (χ3n) is 3.41. The molecule has 1 aromatic rings. The Kier molecular flexibility index (Phi) is 6.17. The van der Waals surface area contributed by atoms with Gasteiger partial charge in [-0.1, -0.05) is 0 Å². The summed E-state index contributed by atoms with van der Waals surface area (Å²) in [5.41, 5.74) is 1.29. The highest BCUT2D eigenvalue weighted by atomic mass is 35.5. The highest BCUT2D eigenvalue weighted by molar-refractivity contribution is 5.95. The molecular formula is C13H22ClN5O2. The monoisotopic (exact) mass is 315 g/mol. The molecule has 0 radical (unpaired) electrons. The van der Waals surface area contributed by atoms with Crippen LogP contribution in [-0.4, -0.2) is 71.2 Å². The zero-order chi connectivity index (χ0) is 14.7. The first-order valence-corrected chi connectivity index (χ1v) is 6.73. The van der Waals surface area contributed by atoms with Crippen molar-refractivity contribution in [2.24, 2.45) is 7.05 Å². The molecule has 0 spiro atoms. The van der Waals surface area contributed by atoms with Crippen LogP contribution >= 0.6 is 12.4 Å². The summed E-state index contributed by atoms with van der Waals surface area (Å²) >= 11 is 0. The van der Waals surface area contributed by atoms with Gasteiger partial charge in [-0.15, -0.1) is 12.4 Å². The Hall–Kier alpha value is -1.60. The van der Waals surface area contributed by atoms with Gasteiger partial charge in [-0.05, 0) is 13.0 Å². The van der Waals surface area contributed by atoms with E-state index in [1.807, 2.05) is 6.92 Å². The number of likely N-dealkylation sites (N-methyl/N-ethyl adjacent to an activating group) is 1. The van der Waals surface area contributed by atoms with Gasteiger partial charge in [-0.2, -0.15) is 5.10 Å². The fourth-order valence-electron chi connectivity index (χ4n) is 2.30. The van der Waals surface area contributed by atoms with Crippen LogP contribution in [-0.2, 0) is 11.8 Å². The number of hydrogen-bond acceptors (Lipinski definition) is 4. The molecule has 0 aromatic carbocycles. The summed E-state index contributed by atoms with van der Waals surface area (Å²) in [6.45, 7) is 4.96. The van der Waals surface area contributed by atoms with Crippen LogP contribution in [0.25, 0.3) is 0 Å². The first kappa shape index (κ1) is 17.5. The summed E-state index contributed by atoms with van der Waals surface area (Å²) < 4.78 is 1.55. The lowest BCUT2D eigenvalue weighted by Gasteiger charge is -2.29. The number of halogens is 1. The molecule has 1 aromatic heterocycles. The number of nitrogens with one attached hydrogen (secondary N) is 1. The van der Waals surface area contributed by atoms with Crippen molar-refractivity contribution >= 4 is 24.2 Å². The van der Waals surface area contributed by atoms with E-state index in [0.29, 0.717) is 18.8 Å². The van der Waals surface area contributed by atoms with Crippen molar-refractivity contribution in [3.8, 4) is 0 Å². The first-order chi connectivity index (χ1) is 9.49. The Labute approximate surface area is 130 Å². The fourth-order valence-corrected chi connectivity index (χ4v) is 2.30. The van der Waals surface area contributed by atoms with Crippen LogP contribution in [0.5, 0.6) is 0 Å². The number of nitrogens with zero attached hydrogens (tertiary/aromatic N) is 4. The molecule has 7 nitrogen and oxygen atoms in total. The van der Waals surface area contributed by atoms with E-state index in [2.05, 4.69) is 10.4 Å². The molecule has 1 N–H and O–H groups in total. The van der Waals surface area contributed by atoms with Gasteiger partial charge < -0.3 is 15.1 Å². The molecule has 118 valence electrons.